The number of aromatic nitrogens is 1. The zero-order chi connectivity index (χ0) is 18.7. The first-order valence-electron chi connectivity index (χ1n) is 9.07. The van der Waals surface area contributed by atoms with Gasteiger partial charge in [-0.2, -0.15) is 0 Å². The second-order valence-electron chi connectivity index (χ2n) is 6.83. The van der Waals surface area contributed by atoms with Crippen LogP contribution in [0.1, 0.15) is 41.9 Å². The van der Waals surface area contributed by atoms with E-state index in [0.717, 1.165) is 41.4 Å². The number of rotatable bonds is 6. The zero-order valence-electron chi connectivity index (χ0n) is 15.2. The molecule has 1 aliphatic rings. The van der Waals surface area contributed by atoms with E-state index in [9.17, 15) is 13.2 Å². The highest BCUT2D eigenvalue weighted by Crippen LogP contribution is 2.31. The molecule has 3 rings (SSSR count). The third-order valence-corrected chi connectivity index (χ3v) is 6.25. The minimum Gasteiger partial charge on any atom is -0.351 e. The van der Waals surface area contributed by atoms with Gasteiger partial charge in [0.1, 0.15) is 0 Å². The maximum atomic E-state index is 12.9. The molecule has 1 amide bonds. The van der Waals surface area contributed by atoms with Gasteiger partial charge < -0.3 is 5.32 Å². The van der Waals surface area contributed by atoms with Crippen LogP contribution in [-0.4, -0.2) is 38.2 Å². The summed E-state index contributed by atoms with van der Waals surface area (Å²) in [5.74, 6) is 0.388. The molecule has 140 valence electrons. The lowest BCUT2D eigenvalue weighted by Gasteiger charge is -2.24. The fourth-order valence-corrected chi connectivity index (χ4v) is 4.01. The molecule has 0 fully saturated rings. The van der Waals surface area contributed by atoms with Crippen LogP contribution in [0.3, 0.4) is 0 Å². The molecule has 7 heteroatoms. The molecule has 0 saturated carbocycles. The van der Waals surface area contributed by atoms with Crippen LogP contribution in [0, 0.1) is 5.92 Å². The van der Waals surface area contributed by atoms with Gasteiger partial charge in [0, 0.05) is 24.2 Å². The SMILES string of the molecule is CCS(=O)(=O)NCCNC(=O)c1c2c(nc3ccccc13)CC[C@H](C)C2. The van der Waals surface area contributed by atoms with E-state index in [1.54, 1.807) is 6.92 Å². The number of sulfonamides is 1. The first-order chi connectivity index (χ1) is 12.4. The molecular formula is C19H25N3O3S. The van der Waals surface area contributed by atoms with E-state index in [4.69, 9.17) is 4.98 Å². The number of aryl methyl sites for hydroxylation is 1. The van der Waals surface area contributed by atoms with Gasteiger partial charge in [-0.05, 0) is 43.7 Å². The maximum absolute atomic E-state index is 12.9. The summed E-state index contributed by atoms with van der Waals surface area (Å²) in [6, 6.07) is 7.69. The van der Waals surface area contributed by atoms with Crippen molar-refractivity contribution in [1.82, 2.24) is 15.0 Å². The quantitative estimate of drug-likeness (QED) is 0.756. The van der Waals surface area contributed by atoms with Gasteiger partial charge in [-0.3, -0.25) is 9.78 Å². The van der Waals surface area contributed by atoms with Crippen molar-refractivity contribution in [3.8, 4) is 0 Å². The Bertz CT molecular complexity index is 925. The number of benzene rings is 1. The summed E-state index contributed by atoms with van der Waals surface area (Å²) in [6.07, 6.45) is 2.81. The van der Waals surface area contributed by atoms with Crippen LogP contribution in [-0.2, 0) is 22.9 Å². The number of amides is 1. The molecule has 1 atom stereocenters. The fourth-order valence-electron chi connectivity index (χ4n) is 3.39. The Kier molecular flexibility index (Phi) is 5.58. The average molecular weight is 375 g/mol. The van der Waals surface area contributed by atoms with E-state index in [2.05, 4.69) is 17.0 Å². The molecular weight excluding hydrogens is 350 g/mol. The molecule has 26 heavy (non-hydrogen) atoms. The second kappa shape index (κ2) is 7.72. The minimum absolute atomic E-state index is 0.0291. The van der Waals surface area contributed by atoms with Crippen LogP contribution in [0.25, 0.3) is 10.9 Å². The topological polar surface area (TPSA) is 88.2 Å². The van der Waals surface area contributed by atoms with Crippen molar-refractivity contribution in [3.05, 3.63) is 41.1 Å². The molecule has 0 spiro atoms. The van der Waals surface area contributed by atoms with Crippen molar-refractivity contribution in [3.63, 3.8) is 0 Å². The number of pyridine rings is 1. The summed E-state index contributed by atoms with van der Waals surface area (Å²) in [5, 5.41) is 3.71. The predicted molar refractivity (Wildman–Crippen MR) is 103 cm³/mol. The van der Waals surface area contributed by atoms with E-state index in [0.29, 0.717) is 11.5 Å². The highest BCUT2D eigenvalue weighted by molar-refractivity contribution is 7.89. The van der Waals surface area contributed by atoms with E-state index in [-0.39, 0.29) is 24.7 Å². The van der Waals surface area contributed by atoms with Gasteiger partial charge in [0.25, 0.3) is 5.91 Å². The number of carbonyl (C=O) groups excluding carboxylic acids is 1. The molecule has 0 aliphatic heterocycles. The molecule has 0 radical (unpaired) electrons. The minimum atomic E-state index is -3.25. The third-order valence-electron chi connectivity index (χ3n) is 4.85. The van der Waals surface area contributed by atoms with E-state index in [1.165, 1.54) is 0 Å². The highest BCUT2D eigenvalue weighted by Gasteiger charge is 2.25. The summed E-state index contributed by atoms with van der Waals surface area (Å²) in [6.45, 7) is 4.21. The number of nitrogens with zero attached hydrogens (tertiary/aromatic N) is 1. The van der Waals surface area contributed by atoms with Gasteiger partial charge in [0.2, 0.25) is 10.0 Å². The van der Waals surface area contributed by atoms with Crippen LogP contribution in [0.15, 0.2) is 24.3 Å². The van der Waals surface area contributed by atoms with Gasteiger partial charge in [-0.25, -0.2) is 13.1 Å². The van der Waals surface area contributed by atoms with Crippen LogP contribution in [0.5, 0.6) is 0 Å². The fraction of sp³-hybridized carbons (Fsp3) is 0.474. The Labute approximate surface area is 154 Å². The third kappa shape index (κ3) is 4.04. The molecule has 0 saturated heterocycles. The number of hydrogen-bond donors (Lipinski definition) is 2. The van der Waals surface area contributed by atoms with Crippen LogP contribution in [0.2, 0.25) is 0 Å². The number of hydrogen-bond acceptors (Lipinski definition) is 4. The molecule has 0 bridgehead atoms. The second-order valence-corrected chi connectivity index (χ2v) is 8.93. The zero-order valence-corrected chi connectivity index (χ0v) is 16.0. The maximum Gasteiger partial charge on any atom is 0.252 e. The Morgan fingerprint density at radius 2 is 2.04 bits per heavy atom. The van der Waals surface area contributed by atoms with Gasteiger partial charge in [-0.1, -0.05) is 25.1 Å². The monoisotopic (exact) mass is 375 g/mol. The van der Waals surface area contributed by atoms with Crippen LogP contribution < -0.4 is 10.0 Å². The summed E-state index contributed by atoms with van der Waals surface area (Å²) >= 11 is 0. The molecule has 6 nitrogen and oxygen atoms in total. The highest BCUT2D eigenvalue weighted by atomic mass is 32.2. The lowest BCUT2D eigenvalue weighted by Crippen LogP contribution is -2.36. The average Bonchev–Trinajstić information content (AvgIpc) is 2.63. The lowest BCUT2D eigenvalue weighted by atomic mass is 9.84. The Morgan fingerprint density at radius 3 is 2.81 bits per heavy atom. The molecule has 1 heterocycles. The smallest absolute Gasteiger partial charge is 0.252 e. The normalized spacial score (nSPS) is 17.1. The Morgan fingerprint density at radius 1 is 1.27 bits per heavy atom. The van der Waals surface area contributed by atoms with Gasteiger partial charge in [0.15, 0.2) is 0 Å². The molecule has 1 aromatic carbocycles. The van der Waals surface area contributed by atoms with E-state index in [1.807, 2.05) is 24.3 Å². The molecule has 2 N–H and O–H groups in total. The van der Waals surface area contributed by atoms with Gasteiger partial charge >= 0.3 is 0 Å². The number of carbonyl (C=O) groups is 1. The number of para-hydroxylation sites is 1. The van der Waals surface area contributed by atoms with Crippen molar-refractivity contribution < 1.29 is 13.2 Å². The summed E-state index contributed by atoms with van der Waals surface area (Å²) in [7, 11) is -3.25. The van der Waals surface area contributed by atoms with Crippen LogP contribution in [0.4, 0.5) is 0 Å². The lowest BCUT2D eigenvalue weighted by molar-refractivity contribution is 0.0954. The summed E-state index contributed by atoms with van der Waals surface area (Å²) in [5.41, 5.74) is 3.57. The number of fused-ring (bicyclic) bond motifs is 2. The summed E-state index contributed by atoms with van der Waals surface area (Å²) in [4.78, 5) is 17.7. The molecule has 2 aromatic rings. The Hall–Kier alpha value is -1.99. The van der Waals surface area contributed by atoms with Gasteiger partial charge in [-0.15, -0.1) is 0 Å². The largest absolute Gasteiger partial charge is 0.351 e. The van der Waals surface area contributed by atoms with Crippen molar-refractivity contribution in [1.29, 1.82) is 0 Å². The van der Waals surface area contributed by atoms with E-state index >= 15 is 0 Å². The summed E-state index contributed by atoms with van der Waals surface area (Å²) < 4.78 is 25.4. The van der Waals surface area contributed by atoms with Crippen molar-refractivity contribution in [2.24, 2.45) is 5.92 Å². The van der Waals surface area contributed by atoms with Crippen molar-refractivity contribution in [2.45, 2.75) is 33.1 Å². The number of nitrogens with one attached hydrogen (secondary N) is 2. The first-order valence-corrected chi connectivity index (χ1v) is 10.7. The standard InChI is InChI=1S/C19H25N3O3S/c1-3-26(24,25)21-11-10-20-19(23)18-14-6-4-5-7-16(14)22-17-9-8-13(2)12-15(17)18/h4-7,13,21H,3,8-12H2,1-2H3,(H,20,23)/t13-/m0/s1. The molecule has 0 unspecified atom stereocenters. The molecule has 1 aromatic heterocycles. The van der Waals surface area contributed by atoms with E-state index < -0.39 is 10.0 Å². The first kappa shape index (κ1) is 18.8. The Balaban J connectivity index is 1.86. The van der Waals surface area contributed by atoms with Crippen molar-refractivity contribution >= 4 is 26.8 Å². The predicted octanol–water partition coefficient (Wildman–Crippen LogP) is 2.03. The molecule has 1 aliphatic carbocycles. The van der Waals surface area contributed by atoms with Crippen molar-refractivity contribution in [2.75, 3.05) is 18.8 Å². The van der Waals surface area contributed by atoms with Gasteiger partial charge in [0.05, 0.1) is 16.8 Å². The van der Waals surface area contributed by atoms with Crippen LogP contribution >= 0.6 is 0 Å².